The van der Waals surface area contributed by atoms with Gasteiger partial charge in [0.05, 0.1) is 16.7 Å². The molecule has 0 saturated carbocycles. The Balaban J connectivity index is 1.68. The smallest absolute Gasteiger partial charge is 0.264 e. The van der Waals surface area contributed by atoms with Gasteiger partial charge in [0.15, 0.2) is 5.78 Å². The number of hydrogen-bond acceptors (Lipinski definition) is 3. The Hall–Kier alpha value is -3.19. The van der Waals surface area contributed by atoms with E-state index in [1.165, 1.54) is 0 Å². The molecule has 0 bridgehead atoms. The zero-order chi connectivity index (χ0) is 24.1. The summed E-state index contributed by atoms with van der Waals surface area (Å²) in [5.74, 6) is 0.0407. The molecule has 0 amide bonds. The lowest BCUT2D eigenvalue weighted by atomic mass is 9.92. The van der Waals surface area contributed by atoms with Crippen LogP contribution in [0, 0.1) is 0 Å². The molecule has 0 radical (unpaired) electrons. The summed E-state index contributed by atoms with van der Waals surface area (Å²) in [5, 5.41) is 5.46. The summed E-state index contributed by atoms with van der Waals surface area (Å²) in [5.41, 5.74) is 5.13. The molecular weight excluding hydrogens is 458 g/mol. The van der Waals surface area contributed by atoms with E-state index >= 15 is 0 Å². The number of carbonyl (C=O) groups excluding carboxylic acids is 1. The summed E-state index contributed by atoms with van der Waals surface area (Å²) in [7, 11) is 3.64. The number of Topliss-reactive ketones (excluding diaryl/α,β-unsaturated/α-hetero) is 1. The summed E-state index contributed by atoms with van der Waals surface area (Å²) in [6, 6.07) is 7.28. The lowest BCUT2D eigenvalue weighted by Gasteiger charge is -2.33. The highest BCUT2D eigenvalue weighted by molar-refractivity contribution is 6.36. The van der Waals surface area contributed by atoms with Crippen molar-refractivity contribution >= 4 is 39.7 Å². The van der Waals surface area contributed by atoms with Gasteiger partial charge in [-0.2, -0.15) is 5.10 Å². The predicted octanol–water partition coefficient (Wildman–Crippen LogP) is 6.85. The van der Waals surface area contributed by atoms with Crippen molar-refractivity contribution in [2.75, 3.05) is 11.4 Å². The minimum atomic E-state index is -2.63. The molecule has 0 unspecified atom stereocenters. The number of alkyl halides is 2. The van der Waals surface area contributed by atoms with Crippen LogP contribution in [0.1, 0.15) is 47.7 Å². The van der Waals surface area contributed by atoms with Crippen molar-refractivity contribution in [3.8, 4) is 11.1 Å². The normalized spacial score (nSPS) is 13.7. The van der Waals surface area contributed by atoms with Crippen molar-refractivity contribution in [3.05, 3.63) is 64.6 Å². The highest BCUT2D eigenvalue weighted by atomic mass is 35.5. The number of halogens is 3. The molecule has 1 aliphatic rings. The second-order valence-corrected chi connectivity index (χ2v) is 9.19. The highest BCUT2D eigenvalue weighted by Crippen LogP contribution is 2.43. The second-order valence-electron chi connectivity index (χ2n) is 8.78. The molecule has 0 spiro atoms. The summed E-state index contributed by atoms with van der Waals surface area (Å²) < 4.78 is 31.8. The van der Waals surface area contributed by atoms with Gasteiger partial charge < -0.3 is 9.47 Å². The summed E-state index contributed by atoms with van der Waals surface area (Å²) >= 11 is 6.68. The van der Waals surface area contributed by atoms with Crippen molar-refractivity contribution in [1.29, 1.82) is 0 Å². The van der Waals surface area contributed by atoms with Gasteiger partial charge in [-0.1, -0.05) is 18.5 Å². The van der Waals surface area contributed by atoms with Crippen LogP contribution in [0.4, 0.5) is 20.2 Å². The Morgan fingerprint density at radius 1 is 1.18 bits per heavy atom. The molecule has 5 nitrogen and oxygen atoms in total. The molecular formula is C26H25ClF2N4O. The molecule has 4 aromatic rings. The number of hydrogen-bond donors (Lipinski definition) is 0. The maximum atomic E-state index is 14.2. The van der Waals surface area contributed by atoms with E-state index in [4.69, 9.17) is 11.6 Å². The Bertz CT molecular complexity index is 1420. The molecule has 0 saturated heterocycles. The molecule has 0 N–H and O–H groups in total. The van der Waals surface area contributed by atoms with Crippen molar-refractivity contribution < 1.29 is 13.6 Å². The lowest BCUT2D eigenvalue weighted by Crippen LogP contribution is -2.25. The first kappa shape index (κ1) is 22.6. The van der Waals surface area contributed by atoms with Crippen molar-refractivity contribution in [2.24, 2.45) is 14.1 Å². The van der Waals surface area contributed by atoms with Crippen LogP contribution in [0.25, 0.3) is 22.0 Å². The van der Waals surface area contributed by atoms with Crippen LogP contribution in [0.3, 0.4) is 0 Å². The molecule has 2 aromatic carbocycles. The van der Waals surface area contributed by atoms with E-state index in [1.54, 1.807) is 30.2 Å². The van der Waals surface area contributed by atoms with E-state index in [1.807, 2.05) is 47.8 Å². The largest absolute Gasteiger partial charge is 0.349 e. The number of anilines is 2. The molecule has 1 aliphatic heterocycles. The first-order valence-corrected chi connectivity index (χ1v) is 11.7. The Kier molecular flexibility index (Phi) is 5.68. The summed E-state index contributed by atoms with van der Waals surface area (Å²) in [6.07, 6.45) is 4.61. The quantitative estimate of drug-likeness (QED) is 0.292. The van der Waals surface area contributed by atoms with Crippen LogP contribution in [-0.2, 0) is 20.5 Å². The number of rotatable bonds is 5. The zero-order valence-electron chi connectivity index (χ0n) is 19.3. The molecule has 176 valence electrons. The number of carbonyl (C=O) groups is 1. The number of nitrogens with zero attached hydrogens (tertiary/aromatic N) is 4. The number of ketones is 1. The Morgan fingerprint density at radius 3 is 2.65 bits per heavy atom. The standard InChI is InChI=1S/C26H25ClF2N4O/c1-4-24(34)21-14-31(2)25-19(21)9-17(10-22(25)27)33-7-5-6-15-8-18(16-12-30-32(3)13-16)20(26(28)29)11-23(15)33/h8-14,26H,4-7H2,1-3H3. The van der Waals surface area contributed by atoms with Crippen LogP contribution in [0.5, 0.6) is 0 Å². The monoisotopic (exact) mass is 482 g/mol. The number of aryl methyl sites for hydroxylation is 3. The van der Waals surface area contributed by atoms with Crippen LogP contribution in [-0.4, -0.2) is 26.7 Å². The third-order valence-corrected chi connectivity index (χ3v) is 6.86. The molecule has 3 heterocycles. The Labute approximate surface area is 201 Å². The first-order chi connectivity index (χ1) is 16.3. The van der Waals surface area contributed by atoms with Crippen molar-refractivity contribution in [3.63, 3.8) is 0 Å². The summed E-state index contributed by atoms with van der Waals surface area (Å²) in [6.45, 7) is 2.51. The van der Waals surface area contributed by atoms with Gasteiger partial charge in [0.1, 0.15) is 0 Å². The molecule has 0 aliphatic carbocycles. The van der Waals surface area contributed by atoms with E-state index in [0.717, 1.165) is 40.7 Å². The van der Waals surface area contributed by atoms with Crippen LogP contribution >= 0.6 is 11.6 Å². The van der Waals surface area contributed by atoms with Gasteiger partial charge in [0, 0.05) is 72.9 Å². The van der Waals surface area contributed by atoms with Gasteiger partial charge in [-0.3, -0.25) is 9.48 Å². The zero-order valence-corrected chi connectivity index (χ0v) is 20.0. The van der Waals surface area contributed by atoms with E-state index in [9.17, 15) is 13.6 Å². The fourth-order valence-corrected chi connectivity index (χ4v) is 5.30. The molecule has 2 aromatic heterocycles. The van der Waals surface area contributed by atoms with Gasteiger partial charge in [-0.15, -0.1) is 0 Å². The maximum Gasteiger partial charge on any atom is 0.264 e. The van der Waals surface area contributed by atoms with Crippen molar-refractivity contribution in [1.82, 2.24) is 14.3 Å². The van der Waals surface area contributed by atoms with E-state index in [-0.39, 0.29) is 11.3 Å². The SMILES string of the molecule is CCC(=O)c1cn(C)c2c(Cl)cc(N3CCCc4cc(-c5cnn(C)c5)c(C(F)F)cc43)cc12. The van der Waals surface area contributed by atoms with Crippen LogP contribution < -0.4 is 4.90 Å². The fraction of sp³-hybridized carbons (Fsp3) is 0.308. The maximum absolute atomic E-state index is 14.2. The van der Waals surface area contributed by atoms with Gasteiger partial charge in [-0.25, -0.2) is 8.78 Å². The highest BCUT2D eigenvalue weighted by Gasteiger charge is 2.26. The molecule has 5 rings (SSSR count). The molecule has 8 heteroatoms. The average molecular weight is 483 g/mol. The minimum absolute atomic E-state index is 0.0209. The average Bonchev–Trinajstić information content (AvgIpc) is 3.40. The number of aromatic nitrogens is 3. The number of benzene rings is 2. The van der Waals surface area contributed by atoms with Gasteiger partial charge >= 0.3 is 0 Å². The van der Waals surface area contributed by atoms with Gasteiger partial charge in [0.2, 0.25) is 0 Å². The molecule has 0 fully saturated rings. The predicted molar refractivity (Wildman–Crippen MR) is 131 cm³/mol. The van der Waals surface area contributed by atoms with E-state index in [2.05, 4.69) is 5.10 Å². The van der Waals surface area contributed by atoms with Crippen molar-refractivity contribution in [2.45, 2.75) is 32.6 Å². The Morgan fingerprint density at radius 2 is 1.97 bits per heavy atom. The minimum Gasteiger partial charge on any atom is -0.349 e. The topological polar surface area (TPSA) is 43.1 Å². The van der Waals surface area contributed by atoms with Crippen LogP contribution in [0.15, 0.2) is 42.9 Å². The molecule has 34 heavy (non-hydrogen) atoms. The first-order valence-electron chi connectivity index (χ1n) is 11.3. The fourth-order valence-electron chi connectivity index (χ4n) is 4.95. The number of fused-ring (bicyclic) bond motifs is 2. The molecule has 0 atom stereocenters. The van der Waals surface area contributed by atoms with Gasteiger partial charge in [-0.05, 0) is 48.2 Å². The third kappa shape index (κ3) is 3.68. The van der Waals surface area contributed by atoms with Gasteiger partial charge in [0.25, 0.3) is 6.43 Å². The second kappa shape index (κ2) is 8.55. The van der Waals surface area contributed by atoms with Crippen LogP contribution in [0.2, 0.25) is 5.02 Å². The van der Waals surface area contributed by atoms with E-state index in [0.29, 0.717) is 34.7 Å². The summed E-state index contributed by atoms with van der Waals surface area (Å²) in [4.78, 5) is 14.6. The lowest BCUT2D eigenvalue weighted by molar-refractivity contribution is 0.0989. The van der Waals surface area contributed by atoms with E-state index < -0.39 is 6.43 Å². The third-order valence-electron chi connectivity index (χ3n) is 6.57.